The molecule has 0 unspecified atom stereocenters. The van der Waals surface area contributed by atoms with E-state index in [4.69, 9.17) is 0 Å². The van der Waals surface area contributed by atoms with E-state index >= 15 is 0 Å². The predicted molar refractivity (Wildman–Crippen MR) is 95.8 cm³/mol. The molecule has 6 heteroatoms. The molecule has 5 nitrogen and oxygen atoms in total. The molecule has 1 atom stereocenters. The van der Waals surface area contributed by atoms with Crippen LogP contribution in [0.15, 0.2) is 28.7 Å². The van der Waals surface area contributed by atoms with E-state index in [-0.39, 0.29) is 5.41 Å². The molecule has 1 heterocycles. The number of hydrogen-bond acceptors (Lipinski definition) is 3. The van der Waals surface area contributed by atoms with Crippen LogP contribution in [0.3, 0.4) is 0 Å². The van der Waals surface area contributed by atoms with Crippen LogP contribution in [-0.4, -0.2) is 44.2 Å². The van der Waals surface area contributed by atoms with Gasteiger partial charge in [-0.1, -0.05) is 28.7 Å². The normalized spacial score (nSPS) is 22.7. The lowest BCUT2D eigenvalue weighted by molar-refractivity contribution is 0.115. The average molecular weight is 348 g/mol. The Morgan fingerprint density at radius 3 is 2.50 bits per heavy atom. The van der Waals surface area contributed by atoms with Crippen LogP contribution in [0.2, 0.25) is 0 Å². The van der Waals surface area contributed by atoms with Crippen LogP contribution in [0.1, 0.15) is 44.7 Å². The summed E-state index contributed by atoms with van der Waals surface area (Å²) >= 11 is -1.32. The van der Waals surface area contributed by atoms with Gasteiger partial charge in [0.25, 0.3) is 0 Å². The van der Waals surface area contributed by atoms with Crippen molar-refractivity contribution in [3.8, 4) is 0 Å². The third kappa shape index (κ3) is 3.05. The van der Waals surface area contributed by atoms with E-state index in [2.05, 4.69) is 10.5 Å². The van der Waals surface area contributed by atoms with Crippen molar-refractivity contribution >= 4 is 23.2 Å². The van der Waals surface area contributed by atoms with Gasteiger partial charge in [-0.25, -0.2) is 4.79 Å². The third-order valence-electron chi connectivity index (χ3n) is 4.99. The van der Waals surface area contributed by atoms with E-state index in [0.29, 0.717) is 13.1 Å². The fraction of sp³-hybridized carbons (Fsp3) is 0.556. The molecule has 1 aliphatic carbocycles. The van der Waals surface area contributed by atoms with Gasteiger partial charge in [-0.3, -0.25) is 0 Å². The number of hydrogen-bond donors (Lipinski definition) is 1. The molecule has 3 rings (SSSR count). The van der Waals surface area contributed by atoms with Crippen LogP contribution < -0.4 is 0 Å². The number of carboxylic acid groups (broad SMARTS) is 1. The van der Waals surface area contributed by atoms with E-state index in [1.807, 2.05) is 39.0 Å². The minimum absolute atomic E-state index is 0.184. The molecule has 1 fully saturated rings. The molecule has 0 saturated carbocycles. The molecule has 0 radical (unpaired) electrons. The Hall–Kier alpha value is -1.53. The van der Waals surface area contributed by atoms with Crippen LogP contribution in [0, 0.1) is 5.41 Å². The molecule has 1 aromatic rings. The fourth-order valence-corrected chi connectivity index (χ4v) is 4.28. The van der Waals surface area contributed by atoms with Crippen LogP contribution in [0.5, 0.6) is 0 Å². The first kappa shape index (κ1) is 17.3. The molecule has 1 amide bonds. The summed E-state index contributed by atoms with van der Waals surface area (Å²) in [6.45, 7) is 6.78. The van der Waals surface area contributed by atoms with Crippen molar-refractivity contribution in [1.29, 1.82) is 0 Å². The molecule has 1 aromatic carbocycles. The van der Waals surface area contributed by atoms with E-state index < -0.39 is 22.2 Å². The molecule has 1 N–H and O–H groups in total. The minimum atomic E-state index is -1.32. The Balaban J connectivity index is 1.98. The first-order valence-electron chi connectivity index (χ1n) is 8.30. The SMILES string of the molecule is CC(C)(C)[S@@+]([O-])/N=C1/c2ccccc2CC12CCN(C(=O)O)CC2. The van der Waals surface area contributed by atoms with Crippen molar-refractivity contribution in [2.75, 3.05) is 13.1 Å². The Kier molecular flexibility index (Phi) is 4.38. The van der Waals surface area contributed by atoms with Crippen molar-refractivity contribution in [2.24, 2.45) is 9.81 Å². The molecule has 1 aliphatic heterocycles. The van der Waals surface area contributed by atoms with E-state index in [1.54, 1.807) is 0 Å². The summed E-state index contributed by atoms with van der Waals surface area (Å²) in [5.74, 6) is 0. The zero-order valence-corrected chi connectivity index (χ0v) is 15.2. The van der Waals surface area contributed by atoms with Crippen molar-refractivity contribution in [2.45, 2.75) is 44.8 Å². The summed E-state index contributed by atoms with van der Waals surface area (Å²) in [5.41, 5.74) is 3.04. The van der Waals surface area contributed by atoms with Crippen LogP contribution in [-0.2, 0) is 17.8 Å². The molecule has 0 aromatic heterocycles. The maximum Gasteiger partial charge on any atom is 0.407 e. The first-order chi connectivity index (χ1) is 11.2. The van der Waals surface area contributed by atoms with Gasteiger partial charge in [0.1, 0.15) is 21.8 Å². The second-order valence-electron chi connectivity index (χ2n) is 7.69. The molecule has 1 spiro atoms. The number of carbonyl (C=O) groups is 1. The van der Waals surface area contributed by atoms with Crippen LogP contribution in [0.4, 0.5) is 4.79 Å². The summed E-state index contributed by atoms with van der Waals surface area (Å²) < 4.78 is 16.9. The number of nitrogens with zero attached hydrogens (tertiary/aromatic N) is 2. The van der Waals surface area contributed by atoms with Gasteiger partial charge in [0.15, 0.2) is 0 Å². The lowest BCUT2D eigenvalue weighted by atomic mass is 9.74. The number of likely N-dealkylation sites (tertiary alicyclic amines) is 1. The van der Waals surface area contributed by atoms with Gasteiger partial charge in [-0.05, 0) is 45.6 Å². The minimum Gasteiger partial charge on any atom is -0.591 e. The maximum absolute atomic E-state index is 12.6. The number of piperidine rings is 1. The molecule has 130 valence electrons. The zero-order chi connectivity index (χ0) is 17.5. The molecular weight excluding hydrogens is 324 g/mol. The summed E-state index contributed by atoms with van der Waals surface area (Å²) in [6.07, 6.45) is 1.45. The smallest absolute Gasteiger partial charge is 0.407 e. The average Bonchev–Trinajstić information content (AvgIpc) is 2.80. The van der Waals surface area contributed by atoms with Crippen LogP contribution >= 0.6 is 0 Å². The lowest BCUT2D eigenvalue weighted by Crippen LogP contribution is -2.45. The Labute approximate surface area is 146 Å². The largest absolute Gasteiger partial charge is 0.591 e. The fourth-order valence-electron chi connectivity index (χ4n) is 3.54. The van der Waals surface area contributed by atoms with Gasteiger partial charge in [-0.2, -0.15) is 0 Å². The summed E-state index contributed by atoms with van der Waals surface area (Å²) in [4.78, 5) is 12.7. The zero-order valence-electron chi connectivity index (χ0n) is 14.4. The maximum atomic E-state index is 12.6. The van der Waals surface area contributed by atoms with Gasteiger partial charge < -0.3 is 14.6 Å². The summed E-state index contributed by atoms with van der Waals surface area (Å²) in [6, 6.07) is 8.15. The molecule has 24 heavy (non-hydrogen) atoms. The quantitative estimate of drug-likeness (QED) is 0.792. The second-order valence-corrected chi connectivity index (χ2v) is 9.59. The molecular formula is C18H24N2O3S. The van der Waals surface area contributed by atoms with Gasteiger partial charge in [0, 0.05) is 24.1 Å². The van der Waals surface area contributed by atoms with Gasteiger partial charge >= 0.3 is 6.09 Å². The highest BCUT2D eigenvalue weighted by atomic mass is 32.2. The van der Waals surface area contributed by atoms with Gasteiger partial charge in [0.2, 0.25) is 0 Å². The Morgan fingerprint density at radius 1 is 1.29 bits per heavy atom. The molecule has 1 saturated heterocycles. The van der Waals surface area contributed by atoms with Gasteiger partial charge in [0.05, 0.1) is 0 Å². The van der Waals surface area contributed by atoms with Crippen LogP contribution in [0.25, 0.3) is 0 Å². The molecule has 2 aliphatic rings. The van der Waals surface area contributed by atoms with E-state index in [1.165, 1.54) is 10.5 Å². The monoisotopic (exact) mass is 348 g/mol. The predicted octanol–water partition coefficient (Wildman–Crippen LogP) is 3.25. The van der Waals surface area contributed by atoms with Crippen molar-refractivity contribution < 1.29 is 14.5 Å². The number of fused-ring (bicyclic) bond motifs is 1. The van der Waals surface area contributed by atoms with Crippen molar-refractivity contribution in [3.63, 3.8) is 0 Å². The topological polar surface area (TPSA) is 76.0 Å². The van der Waals surface area contributed by atoms with Crippen molar-refractivity contribution in [1.82, 2.24) is 4.90 Å². The highest BCUT2D eigenvalue weighted by molar-refractivity contribution is 7.91. The van der Waals surface area contributed by atoms with E-state index in [9.17, 15) is 14.5 Å². The van der Waals surface area contributed by atoms with Gasteiger partial charge in [-0.15, -0.1) is 0 Å². The standard InChI is InChI=1S/C18H24N2O3S/c1-17(2,3)24(23)19-15-14-7-5-4-6-13(14)12-18(15)8-10-20(11-9-18)16(21)22/h4-7H,8-12H2,1-3H3,(H,21,22)/b19-15-/t24-/m1/s1. The third-order valence-corrected chi connectivity index (χ3v) is 6.39. The first-order valence-corrected chi connectivity index (χ1v) is 9.41. The Morgan fingerprint density at radius 2 is 1.92 bits per heavy atom. The van der Waals surface area contributed by atoms with Crippen molar-refractivity contribution in [3.05, 3.63) is 35.4 Å². The summed E-state index contributed by atoms with van der Waals surface area (Å²) in [5, 5.41) is 9.21. The highest BCUT2D eigenvalue weighted by Crippen LogP contribution is 2.45. The van der Waals surface area contributed by atoms with E-state index in [0.717, 1.165) is 30.5 Å². The Bertz CT molecular complexity index is 673. The lowest BCUT2D eigenvalue weighted by Gasteiger charge is -2.38. The number of benzene rings is 1. The highest BCUT2D eigenvalue weighted by Gasteiger charge is 2.47. The molecule has 0 bridgehead atoms. The number of rotatable bonds is 1. The summed E-state index contributed by atoms with van der Waals surface area (Å²) in [7, 11) is 0. The second kappa shape index (κ2) is 6.08. The number of amides is 1.